The summed E-state index contributed by atoms with van der Waals surface area (Å²) >= 11 is 1.34. The zero-order valence-electron chi connectivity index (χ0n) is 11.6. The quantitative estimate of drug-likeness (QED) is 0.892. The fourth-order valence-electron chi connectivity index (χ4n) is 2.33. The summed E-state index contributed by atoms with van der Waals surface area (Å²) in [7, 11) is 0. The molecule has 2 heterocycles. The van der Waals surface area contributed by atoms with Gasteiger partial charge in [-0.2, -0.15) is 4.37 Å². The van der Waals surface area contributed by atoms with Crippen LogP contribution >= 0.6 is 11.5 Å². The van der Waals surface area contributed by atoms with Crippen molar-refractivity contribution in [3.63, 3.8) is 0 Å². The van der Waals surface area contributed by atoms with Gasteiger partial charge in [0.25, 0.3) is 5.91 Å². The molecule has 1 aliphatic rings. The summed E-state index contributed by atoms with van der Waals surface area (Å²) in [5.41, 5.74) is 6.43. The molecule has 5 nitrogen and oxygen atoms in total. The van der Waals surface area contributed by atoms with E-state index in [4.69, 9.17) is 5.73 Å². The van der Waals surface area contributed by atoms with E-state index < -0.39 is 0 Å². The van der Waals surface area contributed by atoms with Crippen molar-refractivity contribution < 1.29 is 4.79 Å². The molecule has 0 saturated carbocycles. The monoisotopic (exact) mass is 282 g/mol. The van der Waals surface area contributed by atoms with Gasteiger partial charge in [-0.05, 0) is 38.2 Å². The van der Waals surface area contributed by atoms with E-state index in [1.165, 1.54) is 37.2 Å². The number of hydrogen-bond acceptors (Lipinski definition) is 5. The van der Waals surface area contributed by atoms with Crippen molar-refractivity contribution in [1.82, 2.24) is 9.69 Å². The Morgan fingerprint density at radius 1 is 1.32 bits per heavy atom. The molecule has 106 valence electrons. The number of anilines is 2. The van der Waals surface area contributed by atoms with Crippen LogP contribution in [0.2, 0.25) is 0 Å². The number of carbonyl (C=O) groups is 1. The molecule has 1 amide bonds. The number of nitrogens with one attached hydrogen (secondary N) is 1. The lowest BCUT2D eigenvalue weighted by atomic mass is 10.2. The lowest BCUT2D eigenvalue weighted by Crippen LogP contribution is -2.32. The summed E-state index contributed by atoms with van der Waals surface area (Å²) < 4.78 is 4.17. The summed E-state index contributed by atoms with van der Waals surface area (Å²) in [6, 6.07) is 0.101. The Kier molecular flexibility index (Phi) is 4.63. The molecule has 3 N–H and O–H groups in total. The first-order valence-corrected chi connectivity index (χ1v) is 7.68. The predicted molar refractivity (Wildman–Crippen MR) is 79.8 cm³/mol. The molecule has 0 atom stereocenters. The third-order valence-corrected chi connectivity index (χ3v) is 4.16. The van der Waals surface area contributed by atoms with E-state index in [-0.39, 0.29) is 11.9 Å². The molecule has 1 aromatic rings. The highest BCUT2D eigenvalue weighted by Gasteiger charge is 2.24. The smallest absolute Gasteiger partial charge is 0.258 e. The molecule has 0 radical (unpaired) electrons. The predicted octanol–water partition coefficient (Wildman–Crippen LogP) is 2.24. The Labute approximate surface area is 118 Å². The maximum atomic E-state index is 12.2. The molecular formula is C13H22N4OS. The highest BCUT2D eigenvalue weighted by Crippen LogP contribution is 2.32. The van der Waals surface area contributed by atoms with E-state index in [9.17, 15) is 4.79 Å². The lowest BCUT2D eigenvalue weighted by Gasteiger charge is -2.21. The molecule has 19 heavy (non-hydrogen) atoms. The summed E-state index contributed by atoms with van der Waals surface area (Å²) in [4.78, 5) is 14.5. The van der Waals surface area contributed by atoms with Gasteiger partial charge in [0.1, 0.15) is 10.6 Å². The number of rotatable bonds is 3. The second-order valence-electron chi connectivity index (χ2n) is 5.28. The van der Waals surface area contributed by atoms with E-state index in [0.717, 1.165) is 18.1 Å². The van der Waals surface area contributed by atoms with Crippen LogP contribution in [0, 0.1) is 0 Å². The van der Waals surface area contributed by atoms with Crippen LogP contribution in [0.4, 0.5) is 10.8 Å². The topological polar surface area (TPSA) is 71.2 Å². The number of aromatic nitrogens is 1. The van der Waals surface area contributed by atoms with Crippen LogP contribution in [-0.4, -0.2) is 29.4 Å². The molecule has 1 saturated heterocycles. The average Bonchev–Trinajstić information content (AvgIpc) is 2.58. The van der Waals surface area contributed by atoms with Gasteiger partial charge < -0.3 is 16.0 Å². The minimum Gasteiger partial charge on any atom is -0.382 e. The first kappa shape index (κ1) is 14.1. The first-order chi connectivity index (χ1) is 9.09. The second-order valence-corrected chi connectivity index (χ2v) is 6.03. The highest BCUT2D eigenvalue weighted by atomic mass is 32.1. The number of nitrogens with two attached hydrogens (primary N) is 1. The van der Waals surface area contributed by atoms with Crippen LogP contribution in [0.5, 0.6) is 0 Å². The summed E-state index contributed by atoms with van der Waals surface area (Å²) in [5, 5.41) is 3.83. The Hall–Kier alpha value is -1.30. The van der Waals surface area contributed by atoms with E-state index >= 15 is 0 Å². The van der Waals surface area contributed by atoms with Crippen LogP contribution in [0.1, 0.15) is 49.9 Å². The van der Waals surface area contributed by atoms with Crippen molar-refractivity contribution in [2.45, 2.75) is 45.6 Å². The van der Waals surface area contributed by atoms with E-state index in [0.29, 0.717) is 11.4 Å². The van der Waals surface area contributed by atoms with Crippen LogP contribution in [0.3, 0.4) is 0 Å². The van der Waals surface area contributed by atoms with Gasteiger partial charge in [-0.3, -0.25) is 4.79 Å². The largest absolute Gasteiger partial charge is 0.382 e. The van der Waals surface area contributed by atoms with E-state index in [1.54, 1.807) is 0 Å². The number of nitrogen functional groups attached to an aromatic ring is 1. The maximum absolute atomic E-state index is 12.2. The molecule has 1 fully saturated rings. The van der Waals surface area contributed by atoms with Gasteiger partial charge in [0.05, 0.1) is 0 Å². The maximum Gasteiger partial charge on any atom is 0.258 e. The van der Waals surface area contributed by atoms with Crippen molar-refractivity contribution >= 4 is 28.3 Å². The highest BCUT2D eigenvalue weighted by molar-refractivity contribution is 7.11. The lowest BCUT2D eigenvalue weighted by molar-refractivity contribution is 0.0944. The molecule has 0 unspecified atom stereocenters. The molecule has 1 aliphatic heterocycles. The van der Waals surface area contributed by atoms with Crippen molar-refractivity contribution in [1.29, 1.82) is 0 Å². The number of amides is 1. The van der Waals surface area contributed by atoms with Crippen LogP contribution in [0.25, 0.3) is 0 Å². The van der Waals surface area contributed by atoms with Crippen molar-refractivity contribution in [2.24, 2.45) is 0 Å². The Bertz CT molecular complexity index is 436. The number of carbonyl (C=O) groups excluding carboxylic acids is 1. The standard InChI is InChI=1S/C13H22N4OS/c1-9(2)15-12(18)10-11(14)16-19-13(10)17-7-5-3-4-6-8-17/h9H,3-8H2,1-2H3,(H2,14,16)(H,15,18). The van der Waals surface area contributed by atoms with Crippen molar-refractivity contribution in [3.05, 3.63) is 5.56 Å². The average molecular weight is 282 g/mol. The van der Waals surface area contributed by atoms with Gasteiger partial charge in [0, 0.05) is 19.1 Å². The van der Waals surface area contributed by atoms with Gasteiger partial charge in [-0.1, -0.05) is 12.8 Å². The normalized spacial score (nSPS) is 16.5. The van der Waals surface area contributed by atoms with Crippen molar-refractivity contribution in [2.75, 3.05) is 23.7 Å². The zero-order valence-corrected chi connectivity index (χ0v) is 12.4. The minimum atomic E-state index is -0.111. The Balaban J connectivity index is 2.23. The summed E-state index contributed by atoms with van der Waals surface area (Å²) in [6.45, 7) is 5.87. The van der Waals surface area contributed by atoms with Gasteiger partial charge in [-0.25, -0.2) is 0 Å². The fraction of sp³-hybridized carbons (Fsp3) is 0.692. The molecule has 0 spiro atoms. The second kappa shape index (κ2) is 6.23. The minimum absolute atomic E-state index is 0.101. The summed E-state index contributed by atoms with van der Waals surface area (Å²) in [5.74, 6) is 0.239. The van der Waals surface area contributed by atoms with E-state index in [2.05, 4.69) is 14.6 Å². The first-order valence-electron chi connectivity index (χ1n) is 6.90. The molecule has 0 bridgehead atoms. The molecule has 6 heteroatoms. The molecule has 0 aliphatic carbocycles. The van der Waals surface area contributed by atoms with Crippen molar-refractivity contribution in [3.8, 4) is 0 Å². The van der Waals surface area contributed by atoms with Gasteiger partial charge in [0.2, 0.25) is 0 Å². The molecule has 2 rings (SSSR count). The van der Waals surface area contributed by atoms with Gasteiger partial charge >= 0.3 is 0 Å². The third-order valence-electron chi connectivity index (χ3n) is 3.24. The molecule has 0 aromatic carbocycles. The van der Waals surface area contributed by atoms with Gasteiger partial charge in [0.15, 0.2) is 5.82 Å². The van der Waals surface area contributed by atoms with Crippen LogP contribution in [0.15, 0.2) is 0 Å². The molecule has 1 aromatic heterocycles. The Morgan fingerprint density at radius 3 is 2.53 bits per heavy atom. The Morgan fingerprint density at radius 2 is 1.95 bits per heavy atom. The fourth-order valence-corrected chi connectivity index (χ4v) is 3.19. The number of nitrogens with zero attached hydrogens (tertiary/aromatic N) is 2. The zero-order chi connectivity index (χ0) is 13.8. The van der Waals surface area contributed by atoms with Crippen LogP contribution in [-0.2, 0) is 0 Å². The molecular weight excluding hydrogens is 260 g/mol. The van der Waals surface area contributed by atoms with E-state index in [1.807, 2.05) is 13.8 Å². The van der Waals surface area contributed by atoms with Crippen LogP contribution < -0.4 is 16.0 Å². The summed E-state index contributed by atoms with van der Waals surface area (Å²) in [6.07, 6.45) is 4.86. The van der Waals surface area contributed by atoms with Gasteiger partial charge in [-0.15, -0.1) is 0 Å². The number of hydrogen-bond donors (Lipinski definition) is 2. The third kappa shape index (κ3) is 3.37. The SMILES string of the molecule is CC(C)NC(=O)c1c(N)nsc1N1CCCCCC1.